The maximum atomic E-state index is 9.00. The lowest BCUT2D eigenvalue weighted by Gasteiger charge is -2.31. The Morgan fingerprint density at radius 3 is 0.774 bits per heavy atom. The number of likely N-dealkylation sites (N-methyl/N-ethyl adjacent to an activating group) is 2. The van der Waals surface area contributed by atoms with Gasteiger partial charge in [-0.3, -0.25) is 19.6 Å². The molecule has 14 rings (SSSR count). The average molecular weight is 1530 g/mol. The Kier molecular flexibility index (Phi) is 77.9. The van der Waals surface area contributed by atoms with Gasteiger partial charge in [0.05, 0.1) is 78.3 Å². The van der Waals surface area contributed by atoms with E-state index < -0.39 is 0 Å². The van der Waals surface area contributed by atoms with Crippen LogP contribution in [0.3, 0.4) is 0 Å². The topological polar surface area (TPSA) is 353 Å². The fraction of sp³-hybridized carbons (Fsp3) is 1.00. The summed E-state index contributed by atoms with van der Waals surface area (Å²) in [5.74, 6) is 0. The van der Waals surface area contributed by atoms with Gasteiger partial charge in [0.15, 0.2) is 0 Å². The van der Waals surface area contributed by atoms with Gasteiger partial charge in [-0.05, 0) is 164 Å². The Bertz CT molecular complexity index is 1460. The smallest absolute Gasteiger partial charge is 0.0594 e. The molecule has 0 spiro atoms. The normalized spacial score (nSPS) is 23.7. The first-order chi connectivity index (χ1) is 52.0. The molecule has 0 aromatic rings. The van der Waals surface area contributed by atoms with E-state index in [-0.39, 0.29) is 18.8 Å². The molecule has 0 atom stereocenters. The molecule has 106 heavy (non-hydrogen) atoms. The van der Waals surface area contributed by atoms with E-state index >= 15 is 0 Å². The quantitative estimate of drug-likeness (QED) is 0.0874. The molecule has 19 N–H and O–H groups in total. The highest BCUT2D eigenvalue weighted by molar-refractivity contribution is 4.72. The summed E-state index contributed by atoms with van der Waals surface area (Å²) in [5, 5.41) is 111. The van der Waals surface area contributed by atoms with Crippen LogP contribution < -0.4 is 53.2 Å². The summed E-state index contributed by atoms with van der Waals surface area (Å²) in [6.07, 6.45) is 17.4. The van der Waals surface area contributed by atoms with Gasteiger partial charge in [0.25, 0.3) is 0 Å². The molecule has 31 nitrogen and oxygen atoms in total. The number of morpholine rings is 2. The Morgan fingerprint density at radius 2 is 0.500 bits per heavy atom. The molecule has 14 saturated heterocycles. The van der Waals surface area contributed by atoms with E-state index in [1.807, 2.05) is 0 Å². The number of aliphatic hydroxyl groups excluding tert-OH is 8. The first kappa shape index (κ1) is 103. The van der Waals surface area contributed by atoms with Gasteiger partial charge in [-0.1, -0.05) is 12.8 Å². The van der Waals surface area contributed by atoms with Crippen LogP contribution in [0.2, 0.25) is 0 Å². The lowest BCUT2D eigenvalue weighted by atomic mass is 10.1. The molecule has 0 aromatic carbocycles. The van der Waals surface area contributed by atoms with E-state index in [9.17, 15) is 0 Å². The second-order valence-corrected chi connectivity index (χ2v) is 29.0. The van der Waals surface area contributed by atoms with Crippen molar-refractivity contribution in [3.63, 3.8) is 0 Å². The number of piperidine rings is 4. The number of hydroxylamine groups is 2. The minimum atomic E-state index is -0.0266. The van der Waals surface area contributed by atoms with E-state index in [4.69, 9.17) is 55.5 Å². The van der Waals surface area contributed by atoms with Gasteiger partial charge in [0.2, 0.25) is 0 Å². The predicted octanol–water partition coefficient (Wildman–Crippen LogP) is -4.64. The summed E-state index contributed by atoms with van der Waals surface area (Å²) >= 11 is 0. The minimum Gasteiger partial charge on any atom is -0.395 e. The zero-order valence-electron chi connectivity index (χ0n) is 68.0. The Labute approximate surface area is 645 Å². The number of ether oxygens (including phenoxy) is 2. The molecule has 14 heterocycles. The number of hydrogen-bond donors (Lipinski definition) is 19. The molecule has 0 radical (unpaired) electrons. The van der Waals surface area contributed by atoms with Crippen LogP contribution in [-0.2, 0) is 9.47 Å². The summed E-state index contributed by atoms with van der Waals surface area (Å²) in [5.41, 5.74) is 0. The van der Waals surface area contributed by atoms with Crippen molar-refractivity contribution in [3.05, 3.63) is 0 Å². The molecule has 0 unspecified atom stereocenters. The fourth-order valence-electron chi connectivity index (χ4n) is 12.6. The van der Waals surface area contributed by atoms with Gasteiger partial charge in [0.1, 0.15) is 0 Å². The highest BCUT2D eigenvalue weighted by atomic mass is 16.5. The molecule has 636 valence electrons. The highest BCUT2D eigenvalue weighted by Gasteiger charge is 2.16. The van der Waals surface area contributed by atoms with Gasteiger partial charge < -0.3 is 133 Å². The lowest BCUT2D eigenvalue weighted by Crippen LogP contribution is -2.45. The van der Waals surface area contributed by atoms with Crippen molar-refractivity contribution in [3.8, 4) is 0 Å². The van der Waals surface area contributed by atoms with Gasteiger partial charge in [-0.2, -0.15) is 5.06 Å². The van der Waals surface area contributed by atoms with E-state index in [2.05, 4.69) is 118 Å². The molecular weight excluding hydrogens is 1360 g/mol. The molecule has 0 amide bonds. The van der Waals surface area contributed by atoms with Gasteiger partial charge in [0, 0.05) is 236 Å². The number of likely N-dealkylation sites (tertiary alicyclic amines) is 3. The molecule has 14 aliphatic rings. The van der Waals surface area contributed by atoms with Gasteiger partial charge >= 0.3 is 0 Å². The van der Waals surface area contributed by atoms with Crippen LogP contribution in [0.15, 0.2) is 0 Å². The zero-order valence-corrected chi connectivity index (χ0v) is 68.0. The summed E-state index contributed by atoms with van der Waals surface area (Å²) < 4.78 is 10.1. The van der Waals surface area contributed by atoms with Crippen molar-refractivity contribution >= 4 is 0 Å². The van der Waals surface area contributed by atoms with E-state index in [1.165, 1.54) is 135 Å². The highest BCUT2D eigenvalue weighted by Crippen LogP contribution is 2.09. The third kappa shape index (κ3) is 70.6. The summed E-state index contributed by atoms with van der Waals surface area (Å²) in [4.78, 5) is 20.5. The third-order valence-corrected chi connectivity index (χ3v) is 19.7. The molecule has 31 heteroatoms. The predicted molar refractivity (Wildman–Crippen MR) is 434 cm³/mol. The lowest BCUT2D eigenvalue weighted by molar-refractivity contribution is -0.0976. The molecule has 14 aliphatic heterocycles. The number of hydrogen-bond acceptors (Lipinski definition) is 31. The number of aliphatic hydroxyl groups is 8. The van der Waals surface area contributed by atoms with Gasteiger partial charge in [-0.25, -0.2) is 0 Å². The Balaban J connectivity index is 0.000000573. The monoisotopic (exact) mass is 1530 g/mol. The van der Waals surface area contributed by atoms with E-state index in [1.54, 1.807) is 0 Å². The zero-order chi connectivity index (χ0) is 76.9. The fourth-order valence-corrected chi connectivity index (χ4v) is 12.6. The van der Waals surface area contributed by atoms with Gasteiger partial charge in [-0.15, -0.1) is 0 Å². The number of rotatable bonds is 12. The van der Waals surface area contributed by atoms with Crippen molar-refractivity contribution in [2.45, 2.75) is 102 Å². The summed E-state index contributed by atoms with van der Waals surface area (Å²) in [6, 6.07) is 0. The minimum absolute atomic E-state index is 0.0220. The number of β-amino-alcohol motifs (C(OH)–C–C–N with tert-alkyl or cyclic N) is 6. The molecule has 14 fully saturated rings. The van der Waals surface area contributed by atoms with E-state index in [0.29, 0.717) is 33.0 Å². The Morgan fingerprint density at radius 1 is 0.236 bits per heavy atom. The second-order valence-electron chi connectivity index (χ2n) is 29.0. The summed E-state index contributed by atoms with van der Waals surface area (Å²) in [7, 11) is 6.38. The van der Waals surface area contributed by atoms with E-state index in [0.717, 1.165) is 288 Å². The van der Waals surface area contributed by atoms with Crippen LogP contribution in [-0.4, -0.2) is 496 Å². The van der Waals surface area contributed by atoms with Crippen molar-refractivity contribution in [1.82, 2.24) is 102 Å². The van der Waals surface area contributed by atoms with Crippen LogP contribution >= 0.6 is 0 Å². The average Bonchev–Trinajstić information content (AvgIpc) is 1.16. The molecule has 0 saturated carbocycles. The maximum absolute atomic E-state index is 9.00. The second kappa shape index (κ2) is 80.4. The van der Waals surface area contributed by atoms with Crippen LogP contribution in [0.5, 0.6) is 0 Å². The van der Waals surface area contributed by atoms with Crippen LogP contribution in [0.25, 0.3) is 0 Å². The molecule has 0 aliphatic carbocycles. The summed E-state index contributed by atoms with van der Waals surface area (Å²) in [6.45, 7) is 53.9. The first-order valence-electron chi connectivity index (χ1n) is 42.0. The van der Waals surface area contributed by atoms with Crippen molar-refractivity contribution in [1.29, 1.82) is 0 Å². The number of nitrogens with one attached hydrogen (secondary N) is 10. The maximum Gasteiger partial charge on any atom is 0.0594 e. The van der Waals surface area contributed by atoms with Crippen LogP contribution in [0, 0.1) is 0 Å². The molecular formula is C75H170N20O11. The van der Waals surface area contributed by atoms with Crippen LogP contribution in [0.4, 0.5) is 0 Å². The largest absolute Gasteiger partial charge is 0.395 e. The first-order valence-corrected chi connectivity index (χ1v) is 42.0. The van der Waals surface area contributed by atoms with Crippen molar-refractivity contribution in [2.75, 3.05) is 388 Å². The number of nitrogens with zero attached hydrogens (tertiary/aromatic N) is 10. The SMILES string of the molecule is C1CCNC1.C1CCNCC1.C1CNCCN1.C1COCCN1.CN1CCC(O)CC1.CN1CCN(CCO)CC1.CN1CCNCC1.OC1CCNCC1.OCCN1CCCC1.OCCN1CCCCC1.OCCN1CCNCC1.OCCN1CCNCC1.OCCN1CCOCC1.ON1CCNCC1. The Hall–Kier alpha value is -1.24. The van der Waals surface area contributed by atoms with Crippen molar-refractivity contribution in [2.24, 2.45) is 0 Å². The van der Waals surface area contributed by atoms with Crippen LogP contribution in [0.1, 0.15) is 89.9 Å². The standard InChI is InChI=1S/C7H16N2O.C7H15NO.2C6H14N2O.C6H13NO2.2C6H13NO.C5H12N2.C5H11NO.C5H11N.C4H10N2O.C4H10N2.C4H9NO.C4H9N/c1-8-2-4-9(5-3-8)6-7-10;9-7-6-8-4-2-1-3-5-8;2*9-6-5-8-3-1-7-2-4-8;8-4-1-7-2-5-9-6-3-7;1-7-4-2-6(8)3-5-7;8-6-5-7-3-1-2-4-7;1-7-4-2-6-3-5-7;7-5-1-3-6-4-2-5;1-2-4-6-5-3-1;7-6-3-1-5-2-4-6;1-2-6-4-3-5-1;1-3-6-4-2-5-1;1-2-4-5-3-1/h10H,2-7H2,1H3;9H,1-7H2;2*7,9H,1-6H2;8H,1-6H2;6,8H,2-5H2,1H3;8H,1-6H2;6H,2-5H2,1H3;5-7H,1-4H2;6H,1-5H2;5,7H,1-4H2;5-6H,1-4H2;5H,1-4H2;5H,1-4H2. The molecule has 0 aromatic heterocycles. The number of piperazine rings is 6. The molecule has 0 bridgehead atoms. The van der Waals surface area contributed by atoms with Crippen molar-refractivity contribution < 1.29 is 55.5 Å². The third-order valence-electron chi connectivity index (χ3n) is 19.7.